The van der Waals surface area contributed by atoms with Gasteiger partial charge in [-0.3, -0.25) is 0 Å². The fourth-order valence-electron chi connectivity index (χ4n) is 2.16. The molecule has 2 unspecified atom stereocenters. The van der Waals surface area contributed by atoms with E-state index in [-0.39, 0.29) is 0 Å². The maximum atomic E-state index is 3.99. The van der Waals surface area contributed by atoms with Crippen LogP contribution in [0.3, 0.4) is 0 Å². The predicted molar refractivity (Wildman–Crippen MR) is 80.0 cm³/mol. The molecule has 0 aromatic carbocycles. The normalized spacial score (nSPS) is 14.2. The molecule has 0 saturated carbocycles. The molecule has 0 spiro atoms. The first-order chi connectivity index (χ1) is 7.53. The highest BCUT2D eigenvalue weighted by Crippen LogP contribution is 2.45. The first-order valence-electron chi connectivity index (χ1n) is 6.61. The van der Waals surface area contributed by atoms with Crippen molar-refractivity contribution in [3.8, 4) is 0 Å². The van der Waals surface area contributed by atoms with Gasteiger partial charge in [0, 0.05) is 0 Å². The van der Waals surface area contributed by atoms with E-state index in [0.29, 0.717) is 5.16 Å². The standard InChI is InChI=1S/C15H29P/c1-7-13(5)11-12-14(6)16-15(8-2,9-3)10-4/h7,14,16H,1,5,8-12H2,2-4,6H3. The van der Waals surface area contributed by atoms with Crippen molar-refractivity contribution < 1.29 is 0 Å². The van der Waals surface area contributed by atoms with Gasteiger partial charge in [-0.2, -0.15) is 0 Å². The Morgan fingerprint density at radius 2 is 1.75 bits per heavy atom. The van der Waals surface area contributed by atoms with Crippen LogP contribution in [0, 0.1) is 0 Å². The van der Waals surface area contributed by atoms with Crippen molar-refractivity contribution in [3.63, 3.8) is 0 Å². The van der Waals surface area contributed by atoms with Gasteiger partial charge in [0.2, 0.25) is 0 Å². The largest absolute Gasteiger partial charge is 0.113 e. The van der Waals surface area contributed by atoms with Crippen LogP contribution in [0.4, 0.5) is 0 Å². The van der Waals surface area contributed by atoms with E-state index in [1.165, 1.54) is 31.3 Å². The van der Waals surface area contributed by atoms with Gasteiger partial charge in [0.05, 0.1) is 0 Å². The highest BCUT2D eigenvalue weighted by atomic mass is 31.1. The molecule has 0 aliphatic carbocycles. The number of hydrogen-bond acceptors (Lipinski definition) is 0. The van der Waals surface area contributed by atoms with Crippen molar-refractivity contribution in [2.24, 2.45) is 0 Å². The van der Waals surface area contributed by atoms with Crippen molar-refractivity contribution >= 4 is 8.58 Å². The summed E-state index contributed by atoms with van der Waals surface area (Å²) in [5, 5.41) is 0.606. The Morgan fingerprint density at radius 3 is 2.12 bits per heavy atom. The van der Waals surface area contributed by atoms with E-state index in [4.69, 9.17) is 0 Å². The Bertz CT molecular complexity index is 205. The second kappa shape index (κ2) is 8.07. The quantitative estimate of drug-likeness (QED) is 0.366. The Kier molecular flexibility index (Phi) is 8.02. The summed E-state index contributed by atoms with van der Waals surface area (Å²) < 4.78 is 0. The Labute approximate surface area is 104 Å². The van der Waals surface area contributed by atoms with Gasteiger partial charge in [-0.15, -0.1) is 8.58 Å². The minimum absolute atomic E-state index is 0.606. The first-order valence-corrected chi connectivity index (χ1v) is 7.69. The van der Waals surface area contributed by atoms with Crippen LogP contribution < -0.4 is 0 Å². The summed E-state index contributed by atoms with van der Waals surface area (Å²) in [5.74, 6) is 0. The zero-order chi connectivity index (χ0) is 12.6. The van der Waals surface area contributed by atoms with Crippen LogP contribution in [0.2, 0.25) is 0 Å². The summed E-state index contributed by atoms with van der Waals surface area (Å²) in [6.45, 7) is 17.2. The lowest BCUT2D eigenvalue weighted by molar-refractivity contribution is 0.520. The molecular weight excluding hydrogens is 211 g/mol. The average molecular weight is 240 g/mol. The fraction of sp³-hybridized carbons (Fsp3) is 0.733. The van der Waals surface area contributed by atoms with E-state index in [1.807, 2.05) is 6.08 Å². The third kappa shape index (κ3) is 5.30. The van der Waals surface area contributed by atoms with Crippen LogP contribution in [0.1, 0.15) is 59.8 Å². The summed E-state index contributed by atoms with van der Waals surface area (Å²) in [6.07, 6.45) is 8.25. The van der Waals surface area contributed by atoms with Gasteiger partial charge in [0.15, 0.2) is 0 Å². The maximum Gasteiger partial charge on any atom is -0.0127 e. The molecule has 0 bridgehead atoms. The smallest absolute Gasteiger partial charge is 0.0127 e. The molecule has 0 aromatic heterocycles. The van der Waals surface area contributed by atoms with Crippen LogP contribution in [0.25, 0.3) is 0 Å². The van der Waals surface area contributed by atoms with Gasteiger partial charge in [-0.25, -0.2) is 0 Å². The molecule has 0 heterocycles. The third-order valence-corrected chi connectivity index (χ3v) is 6.22. The van der Waals surface area contributed by atoms with Crippen molar-refractivity contribution in [2.75, 3.05) is 0 Å². The van der Waals surface area contributed by atoms with Crippen molar-refractivity contribution in [1.82, 2.24) is 0 Å². The van der Waals surface area contributed by atoms with Gasteiger partial charge in [-0.05, 0) is 42.9 Å². The van der Waals surface area contributed by atoms with Crippen molar-refractivity contribution in [1.29, 1.82) is 0 Å². The topological polar surface area (TPSA) is 0 Å². The minimum atomic E-state index is 0.606. The summed E-state index contributed by atoms with van der Waals surface area (Å²) >= 11 is 0. The van der Waals surface area contributed by atoms with Crippen molar-refractivity contribution in [2.45, 2.75) is 70.6 Å². The van der Waals surface area contributed by atoms with Crippen LogP contribution in [0.5, 0.6) is 0 Å². The van der Waals surface area contributed by atoms with Crippen LogP contribution in [-0.2, 0) is 0 Å². The minimum Gasteiger partial charge on any atom is -0.113 e. The third-order valence-electron chi connectivity index (χ3n) is 3.77. The molecule has 0 aromatic rings. The molecule has 0 saturated heterocycles. The molecule has 94 valence electrons. The highest BCUT2D eigenvalue weighted by Gasteiger charge is 2.25. The highest BCUT2D eigenvalue weighted by molar-refractivity contribution is 7.40. The molecule has 0 nitrogen and oxygen atoms in total. The number of rotatable bonds is 9. The van der Waals surface area contributed by atoms with Crippen LogP contribution in [-0.4, -0.2) is 10.8 Å². The van der Waals surface area contributed by atoms with Gasteiger partial charge in [-0.1, -0.05) is 52.5 Å². The molecule has 0 fully saturated rings. The molecule has 0 radical (unpaired) electrons. The maximum absolute atomic E-state index is 3.99. The summed E-state index contributed by atoms with van der Waals surface area (Å²) in [5.41, 5.74) is 2.02. The van der Waals surface area contributed by atoms with Gasteiger partial charge in [0.25, 0.3) is 0 Å². The molecule has 0 aliphatic rings. The van der Waals surface area contributed by atoms with Gasteiger partial charge < -0.3 is 0 Å². The second-order valence-electron chi connectivity index (χ2n) is 4.79. The summed E-state index contributed by atoms with van der Waals surface area (Å²) in [4.78, 5) is 0. The Hall–Kier alpha value is -0.0900. The summed E-state index contributed by atoms with van der Waals surface area (Å²) in [6, 6.07) is 0. The lowest BCUT2D eigenvalue weighted by Crippen LogP contribution is -2.22. The van der Waals surface area contributed by atoms with E-state index >= 15 is 0 Å². The lowest BCUT2D eigenvalue weighted by atomic mass is 9.99. The molecule has 0 N–H and O–H groups in total. The monoisotopic (exact) mass is 240 g/mol. The first kappa shape index (κ1) is 15.9. The average Bonchev–Trinajstić information content (AvgIpc) is 2.33. The molecule has 0 aliphatic heterocycles. The molecule has 0 amide bonds. The molecule has 0 rings (SSSR count). The lowest BCUT2D eigenvalue weighted by Gasteiger charge is -2.33. The Balaban J connectivity index is 4.14. The molecule has 1 heteroatoms. The second-order valence-corrected chi connectivity index (χ2v) is 7.12. The predicted octanol–water partition coefficient (Wildman–Crippen LogP) is 5.54. The van der Waals surface area contributed by atoms with E-state index < -0.39 is 0 Å². The van der Waals surface area contributed by atoms with E-state index in [9.17, 15) is 0 Å². The van der Waals surface area contributed by atoms with E-state index in [2.05, 4.69) is 40.9 Å². The Morgan fingerprint density at radius 1 is 1.25 bits per heavy atom. The SMILES string of the molecule is C=CC(=C)CCC(C)PC(CC)(CC)CC. The van der Waals surface area contributed by atoms with Crippen molar-refractivity contribution in [3.05, 3.63) is 24.8 Å². The number of hydrogen-bond donors (Lipinski definition) is 0. The zero-order valence-electron chi connectivity index (χ0n) is 11.6. The van der Waals surface area contributed by atoms with E-state index in [1.54, 1.807) is 0 Å². The number of allylic oxidation sites excluding steroid dienone is 2. The molecule has 16 heavy (non-hydrogen) atoms. The molecule has 2 atom stereocenters. The van der Waals surface area contributed by atoms with Gasteiger partial charge in [0.1, 0.15) is 0 Å². The summed E-state index contributed by atoms with van der Waals surface area (Å²) in [7, 11) is 1.09. The van der Waals surface area contributed by atoms with Crippen LogP contribution in [0.15, 0.2) is 24.8 Å². The van der Waals surface area contributed by atoms with Gasteiger partial charge >= 0.3 is 0 Å². The fourth-order valence-corrected chi connectivity index (χ4v) is 4.10. The zero-order valence-corrected chi connectivity index (χ0v) is 12.6. The van der Waals surface area contributed by atoms with E-state index in [0.717, 1.165) is 20.7 Å². The molecular formula is C15H29P. The van der Waals surface area contributed by atoms with Crippen LogP contribution >= 0.6 is 8.58 Å².